The first kappa shape index (κ1) is 10.9. The van der Waals surface area contributed by atoms with Gasteiger partial charge < -0.3 is 0 Å². The van der Waals surface area contributed by atoms with Crippen LogP contribution in [0.25, 0.3) is 6.08 Å². The number of ketones is 1. The summed E-state index contributed by atoms with van der Waals surface area (Å²) in [5.41, 5.74) is 3.60. The summed E-state index contributed by atoms with van der Waals surface area (Å²) in [7, 11) is 0. The molecule has 1 nitrogen and oxygen atoms in total. The second kappa shape index (κ2) is 4.93. The summed E-state index contributed by atoms with van der Waals surface area (Å²) < 4.78 is 0. The zero-order valence-corrected chi connectivity index (χ0v) is 9.57. The number of benzene rings is 1. The SMILES string of the molecule is Cc1ccc(C=CC2=CC(=O)CCC2)cc1. The molecular weight excluding hydrogens is 196 g/mol. The van der Waals surface area contributed by atoms with Crippen LogP contribution in [0.4, 0.5) is 0 Å². The minimum Gasteiger partial charge on any atom is -0.295 e. The number of hydrogen-bond donors (Lipinski definition) is 0. The average Bonchev–Trinajstić information content (AvgIpc) is 2.28. The minimum atomic E-state index is 0.259. The van der Waals surface area contributed by atoms with Gasteiger partial charge in [-0.15, -0.1) is 0 Å². The lowest BCUT2D eigenvalue weighted by molar-refractivity contribution is -0.115. The fourth-order valence-electron chi connectivity index (χ4n) is 1.83. The lowest BCUT2D eigenvalue weighted by Crippen LogP contribution is -2.00. The van der Waals surface area contributed by atoms with Gasteiger partial charge in [0.15, 0.2) is 5.78 Å². The largest absolute Gasteiger partial charge is 0.295 e. The standard InChI is InChI=1S/C15H16O/c1-12-5-7-13(8-6-12)9-10-14-3-2-4-15(16)11-14/h5-11H,2-4H2,1H3. The average molecular weight is 212 g/mol. The van der Waals surface area contributed by atoms with Crippen molar-refractivity contribution in [3.63, 3.8) is 0 Å². The van der Waals surface area contributed by atoms with Gasteiger partial charge in [-0.2, -0.15) is 0 Å². The van der Waals surface area contributed by atoms with Gasteiger partial charge in [0.1, 0.15) is 0 Å². The van der Waals surface area contributed by atoms with Crippen molar-refractivity contribution in [2.75, 3.05) is 0 Å². The van der Waals surface area contributed by atoms with Crippen LogP contribution in [0, 0.1) is 6.92 Å². The maximum absolute atomic E-state index is 11.2. The molecule has 0 saturated heterocycles. The smallest absolute Gasteiger partial charge is 0.155 e. The van der Waals surface area contributed by atoms with E-state index in [4.69, 9.17) is 0 Å². The van der Waals surface area contributed by atoms with E-state index in [1.54, 1.807) is 6.08 Å². The highest BCUT2D eigenvalue weighted by Crippen LogP contribution is 2.17. The topological polar surface area (TPSA) is 17.1 Å². The number of allylic oxidation sites excluding steroid dienone is 3. The molecule has 82 valence electrons. The Kier molecular flexibility index (Phi) is 3.35. The lowest BCUT2D eigenvalue weighted by Gasteiger charge is -2.07. The van der Waals surface area contributed by atoms with E-state index < -0.39 is 0 Å². The van der Waals surface area contributed by atoms with Gasteiger partial charge in [-0.3, -0.25) is 4.79 Å². The summed E-state index contributed by atoms with van der Waals surface area (Å²) in [6.45, 7) is 2.08. The van der Waals surface area contributed by atoms with Crippen molar-refractivity contribution in [2.45, 2.75) is 26.2 Å². The highest BCUT2D eigenvalue weighted by Gasteiger charge is 2.06. The van der Waals surface area contributed by atoms with E-state index in [2.05, 4.69) is 43.3 Å². The molecule has 0 spiro atoms. The van der Waals surface area contributed by atoms with Crippen molar-refractivity contribution in [3.05, 3.63) is 53.1 Å². The number of carbonyl (C=O) groups is 1. The highest BCUT2D eigenvalue weighted by molar-refractivity contribution is 5.91. The Morgan fingerprint density at radius 1 is 1.06 bits per heavy atom. The monoisotopic (exact) mass is 212 g/mol. The summed E-state index contributed by atoms with van der Waals surface area (Å²) in [5, 5.41) is 0. The fourth-order valence-corrected chi connectivity index (χ4v) is 1.83. The van der Waals surface area contributed by atoms with Crippen molar-refractivity contribution in [2.24, 2.45) is 0 Å². The van der Waals surface area contributed by atoms with Crippen LogP contribution in [-0.2, 0) is 4.79 Å². The zero-order chi connectivity index (χ0) is 11.4. The highest BCUT2D eigenvalue weighted by atomic mass is 16.1. The molecule has 0 fully saturated rings. The maximum atomic E-state index is 11.2. The molecular formula is C15H16O. The molecule has 1 aromatic carbocycles. The van der Waals surface area contributed by atoms with E-state index in [1.807, 2.05) is 0 Å². The first-order valence-electron chi connectivity index (χ1n) is 5.72. The normalized spacial score (nSPS) is 16.6. The van der Waals surface area contributed by atoms with Crippen LogP contribution < -0.4 is 0 Å². The number of hydrogen-bond acceptors (Lipinski definition) is 1. The summed E-state index contributed by atoms with van der Waals surface area (Å²) in [4.78, 5) is 11.2. The zero-order valence-electron chi connectivity index (χ0n) is 9.57. The lowest BCUT2D eigenvalue weighted by atomic mass is 9.98. The molecule has 0 unspecified atom stereocenters. The third kappa shape index (κ3) is 2.93. The van der Waals surface area contributed by atoms with Gasteiger partial charge in [0.05, 0.1) is 0 Å². The molecule has 0 atom stereocenters. The molecule has 1 aliphatic rings. The van der Waals surface area contributed by atoms with Crippen molar-refractivity contribution >= 4 is 11.9 Å². The second-order valence-electron chi connectivity index (χ2n) is 4.28. The third-order valence-corrected chi connectivity index (χ3v) is 2.80. The van der Waals surface area contributed by atoms with Crippen molar-refractivity contribution in [1.82, 2.24) is 0 Å². The molecule has 0 radical (unpaired) electrons. The van der Waals surface area contributed by atoms with Gasteiger partial charge >= 0.3 is 0 Å². The Bertz CT molecular complexity index is 435. The Hall–Kier alpha value is -1.63. The molecule has 0 aliphatic heterocycles. The molecule has 2 rings (SSSR count). The summed E-state index contributed by atoms with van der Waals surface area (Å²) >= 11 is 0. The molecule has 0 aromatic heterocycles. The van der Waals surface area contributed by atoms with Crippen molar-refractivity contribution < 1.29 is 4.79 Å². The van der Waals surface area contributed by atoms with Crippen molar-refractivity contribution in [1.29, 1.82) is 0 Å². The molecule has 16 heavy (non-hydrogen) atoms. The molecule has 1 heteroatoms. The predicted molar refractivity (Wildman–Crippen MR) is 67.2 cm³/mol. The van der Waals surface area contributed by atoms with Gasteiger partial charge in [0.25, 0.3) is 0 Å². The van der Waals surface area contributed by atoms with Gasteiger partial charge in [0.2, 0.25) is 0 Å². The Balaban J connectivity index is 2.09. The Morgan fingerprint density at radius 2 is 1.81 bits per heavy atom. The van der Waals surface area contributed by atoms with E-state index in [0.29, 0.717) is 6.42 Å². The van der Waals surface area contributed by atoms with E-state index in [9.17, 15) is 4.79 Å². The van der Waals surface area contributed by atoms with E-state index in [-0.39, 0.29) is 5.78 Å². The van der Waals surface area contributed by atoms with E-state index in [0.717, 1.165) is 18.4 Å². The predicted octanol–water partition coefficient (Wildman–Crippen LogP) is 3.69. The quantitative estimate of drug-likeness (QED) is 0.730. The van der Waals surface area contributed by atoms with Gasteiger partial charge in [0, 0.05) is 6.42 Å². The summed E-state index contributed by atoms with van der Waals surface area (Å²) in [6.07, 6.45) is 8.62. The molecule has 0 amide bonds. The molecule has 0 heterocycles. The first-order valence-corrected chi connectivity index (χ1v) is 5.72. The Morgan fingerprint density at radius 3 is 2.50 bits per heavy atom. The van der Waals surface area contributed by atoms with Crippen LogP contribution in [0.15, 0.2) is 42.0 Å². The van der Waals surface area contributed by atoms with E-state index in [1.165, 1.54) is 11.1 Å². The van der Waals surface area contributed by atoms with Crippen LogP contribution in [0.1, 0.15) is 30.4 Å². The fraction of sp³-hybridized carbons (Fsp3) is 0.267. The van der Waals surface area contributed by atoms with E-state index >= 15 is 0 Å². The van der Waals surface area contributed by atoms with Crippen LogP contribution >= 0.6 is 0 Å². The maximum Gasteiger partial charge on any atom is 0.155 e. The van der Waals surface area contributed by atoms with Crippen LogP contribution in [0.3, 0.4) is 0 Å². The van der Waals surface area contributed by atoms with Gasteiger partial charge in [-0.25, -0.2) is 0 Å². The third-order valence-electron chi connectivity index (χ3n) is 2.80. The molecule has 0 saturated carbocycles. The Labute approximate surface area is 96.5 Å². The van der Waals surface area contributed by atoms with Crippen LogP contribution in [0.5, 0.6) is 0 Å². The molecule has 1 aliphatic carbocycles. The number of aryl methyl sites for hydroxylation is 1. The van der Waals surface area contributed by atoms with Gasteiger partial charge in [-0.1, -0.05) is 42.0 Å². The van der Waals surface area contributed by atoms with Crippen LogP contribution in [0.2, 0.25) is 0 Å². The summed E-state index contributed by atoms with van der Waals surface area (Å²) in [5.74, 6) is 0.259. The van der Waals surface area contributed by atoms with Crippen LogP contribution in [-0.4, -0.2) is 5.78 Å². The number of carbonyl (C=O) groups excluding carboxylic acids is 1. The molecule has 0 bridgehead atoms. The second-order valence-corrected chi connectivity index (χ2v) is 4.28. The van der Waals surface area contributed by atoms with Crippen molar-refractivity contribution in [3.8, 4) is 0 Å². The summed E-state index contributed by atoms with van der Waals surface area (Å²) in [6, 6.07) is 8.38. The minimum absolute atomic E-state index is 0.259. The molecule has 0 N–H and O–H groups in total. The van der Waals surface area contributed by atoms with Gasteiger partial charge in [-0.05, 0) is 37.0 Å². The number of rotatable bonds is 2. The molecule has 1 aromatic rings. The first-order chi connectivity index (χ1) is 7.74.